The number of hydrogen-bond donors (Lipinski definition) is 2. The predicted octanol–water partition coefficient (Wildman–Crippen LogP) is -0.0375. The van der Waals surface area contributed by atoms with Crippen molar-refractivity contribution < 1.29 is 5.21 Å². The fourth-order valence-corrected chi connectivity index (χ4v) is 1.86. The van der Waals surface area contributed by atoms with Gasteiger partial charge in [0.05, 0.1) is 11.4 Å². The van der Waals surface area contributed by atoms with Crippen molar-refractivity contribution in [2.75, 3.05) is 0 Å². The number of aryl methyl sites for hydroxylation is 1. The molecule has 0 amide bonds. The summed E-state index contributed by atoms with van der Waals surface area (Å²) >= 11 is 5.75. The highest BCUT2D eigenvalue weighted by atomic mass is 35.5. The van der Waals surface area contributed by atoms with Crippen molar-refractivity contribution in [2.24, 2.45) is 0 Å². The zero-order chi connectivity index (χ0) is 12.6. The molecule has 6 nitrogen and oxygen atoms in total. The van der Waals surface area contributed by atoms with Gasteiger partial charge in [-0.2, -0.15) is 9.61 Å². The summed E-state index contributed by atoms with van der Waals surface area (Å²) in [5.41, 5.74) is 3.21. The lowest BCUT2D eigenvalue weighted by molar-refractivity contribution is 0.227. The molecule has 0 aromatic carbocycles. The minimum Gasteiger partial charge on any atom is -0.290 e. The SMILES string of the molecule is CCc1c(C)nc2c(=C(Cl)NO)cnn2c1=O. The average molecular weight is 255 g/mol. The molecule has 2 aromatic heterocycles. The number of aromatic nitrogens is 3. The van der Waals surface area contributed by atoms with Gasteiger partial charge in [-0.15, -0.1) is 0 Å². The minimum absolute atomic E-state index is 0.0180. The molecule has 0 saturated heterocycles. The first-order chi connectivity index (χ1) is 8.10. The Morgan fingerprint density at radius 1 is 1.65 bits per heavy atom. The van der Waals surface area contributed by atoms with Gasteiger partial charge in [0, 0.05) is 11.3 Å². The first kappa shape index (κ1) is 11.8. The van der Waals surface area contributed by atoms with E-state index >= 15 is 0 Å². The van der Waals surface area contributed by atoms with Crippen molar-refractivity contribution in [3.8, 4) is 0 Å². The summed E-state index contributed by atoms with van der Waals surface area (Å²) in [5, 5.41) is 13.0. The molecule has 90 valence electrons. The maximum Gasteiger partial charge on any atom is 0.277 e. The second-order valence-electron chi connectivity index (χ2n) is 3.55. The molecule has 0 saturated carbocycles. The van der Waals surface area contributed by atoms with Gasteiger partial charge in [-0.05, 0) is 13.3 Å². The van der Waals surface area contributed by atoms with Crippen LogP contribution in [0.5, 0.6) is 0 Å². The summed E-state index contributed by atoms with van der Waals surface area (Å²) in [6.45, 7) is 3.65. The maximum atomic E-state index is 12.0. The van der Waals surface area contributed by atoms with Crippen LogP contribution in [0.2, 0.25) is 0 Å². The summed E-state index contributed by atoms with van der Waals surface area (Å²) < 4.78 is 1.18. The number of nitrogens with zero attached hydrogens (tertiary/aromatic N) is 3. The quantitative estimate of drug-likeness (QED) is 0.581. The molecule has 0 fully saturated rings. The fraction of sp³-hybridized carbons (Fsp3) is 0.300. The number of rotatable bonds is 2. The van der Waals surface area contributed by atoms with Crippen LogP contribution in [0.4, 0.5) is 0 Å². The molecule has 0 aliphatic rings. The Morgan fingerprint density at radius 2 is 2.35 bits per heavy atom. The van der Waals surface area contributed by atoms with E-state index < -0.39 is 0 Å². The number of hydrogen-bond acceptors (Lipinski definition) is 5. The Balaban J connectivity index is 2.96. The lowest BCUT2D eigenvalue weighted by Gasteiger charge is -2.01. The molecule has 0 spiro atoms. The standard InChI is InChI=1S/C10H11ClN4O2/c1-3-6-5(2)13-9-7(8(11)14-17)4-12-15(9)10(6)16/h4,14,17H,3H2,1-2H3. The van der Waals surface area contributed by atoms with E-state index in [0.29, 0.717) is 28.5 Å². The summed E-state index contributed by atoms with van der Waals surface area (Å²) in [5.74, 6) is 0. The highest BCUT2D eigenvalue weighted by Gasteiger charge is 2.11. The molecule has 0 aliphatic carbocycles. The van der Waals surface area contributed by atoms with Crippen molar-refractivity contribution in [2.45, 2.75) is 20.3 Å². The molecular weight excluding hydrogens is 244 g/mol. The Hall–Kier alpha value is -1.66. The van der Waals surface area contributed by atoms with E-state index in [4.69, 9.17) is 16.8 Å². The summed E-state index contributed by atoms with van der Waals surface area (Å²) in [6, 6.07) is 0. The zero-order valence-corrected chi connectivity index (χ0v) is 10.1. The predicted molar refractivity (Wildman–Crippen MR) is 62.8 cm³/mol. The van der Waals surface area contributed by atoms with Gasteiger partial charge >= 0.3 is 0 Å². The summed E-state index contributed by atoms with van der Waals surface area (Å²) in [6.07, 6.45) is 1.98. The van der Waals surface area contributed by atoms with E-state index in [1.54, 1.807) is 6.92 Å². The van der Waals surface area contributed by atoms with Gasteiger partial charge < -0.3 is 0 Å². The Bertz CT molecular complexity index is 680. The second kappa shape index (κ2) is 4.31. The molecule has 0 aliphatic heterocycles. The van der Waals surface area contributed by atoms with Gasteiger partial charge in [0.2, 0.25) is 0 Å². The first-order valence-electron chi connectivity index (χ1n) is 5.07. The molecule has 7 heteroatoms. The van der Waals surface area contributed by atoms with Crippen LogP contribution in [-0.4, -0.2) is 19.8 Å². The maximum absolute atomic E-state index is 12.0. The molecule has 0 radical (unpaired) electrons. The van der Waals surface area contributed by atoms with Crippen LogP contribution in [0.25, 0.3) is 10.8 Å². The van der Waals surface area contributed by atoms with Gasteiger partial charge in [-0.25, -0.2) is 4.98 Å². The average Bonchev–Trinajstić information content (AvgIpc) is 2.72. The Kier molecular flexibility index (Phi) is 2.99. The first-order valence-corrected chi connectivity index (χ1v) is 5.45. The lowest BCUT2D eigenvalue weighted by atomic mass is 10.2. The number of hydroxylamine groups is 1. The van der Waals surface area contributed by atoms with Crippen molar-refractivity contribution in [1.29, 1.82) is 0 Å². The highest BCUT2D eigenvalue weighted by Crippen LogP contribution is 2.02. The lowest BCUT2D eigenvalue weighted by Crippen LogP contribution is -2.23. The minimum atomic E-state index is -0.205. The highest BCUT2D eigenvalue weighted by molar-refractivity contribution is 6.44. The molecule has 2 N–H and O–H groups in total. The van der Waals surface area contributed by atoms with E-state index in [-0.39, 0.29) is 10.7 Å². The van der Waals surface area contributed by atoms with Crippen LogP contribution in [0.15, 0.2) is 11.0 Å². The van der Waals surface area contributed by atoms with E-state index in [9.17, 15) is 4.79 Å². The van der Waals surface area contributed by atoms with Crippen molar-refractivity contribution in [1.82, 2.24) is 20.1 Å². The van der Waals surface area contributed by atoms with E-state index in [1.165, 1.54) is 10.7 Å². The summed E-state index contributed by atoms with van der Waals surface area (Å²) in [4.78, 5) is 16.3. The van der Waals surface area contributed by atoms with Crippen LogP contribution >= 0.6 is 11.6 Å². The number of fused-ring (bicyclic) bond motifs is 1. The molecular formula is C10H11ClN4O2. The van der Waals surface area contributed by atoms with Gasteiger partial charge in [-0.1, -0.05) is 18.5 Å². The topological polar surface area (TPSA) is 79.5 Å². The van der Waals surface area contributed by atoms with Crippen molar-refractivity contribution in [3.05, 3.63) is 33.0 Å². The molecule has 0 unspecified atom stereocenters. The van der Waals surface area contributed by atoms with Gasteiger partial charge in [0.25, 0.3) is 5.56 Å². The third-order valence-corrected chi connectivity index (χ3v) is 2.88. The smallest absolute Gasteiger partial charge is 0.277 e. The number of halogens is 1. The summed E-state index contributed by atoms with van der Waals surface area (Å²) in [7, 11) is 0. The molecule has 0 atom stereocenters. The Morgan fingerprint density at radius 3 is 2.94 bits per heavy atom. The molecule has 2 aromatic rings. The third kappa shape index (κ3) is 1.75. The van der Waals surface area contributed by atoms with Crippen LogP contribution in [-0.2, 0) is 6.42 Å². The third-order valence-electron chi connectivity index (χ3n) is 2.59. The van der Waals surface area contributed by atoms with Gasteiger partial charge in [0.15, 0.2) is 5.65 Å². The fourth-order valence-electron chi connectivity index (χ4n) is 1.73. The molecule has 2 rings (SSSR count). The second-order valence-corrected chi connectivity index (χ2v) is 3.93. The zero-order valence-electron chi connectivity index (χ0n) is 9.36. The molecule has 2 heterocycles. The normalized spacial score (nSPS) is 12.9. The van der Waals surface area contributed by atoms with E-state index in [0.717, 1.165) is 0 Å². The van der Waals surface area contributed by atoms with E-state index in [1.807, 2.05) is 12.4 Å². The van der Waals surface area contributed by atoms with Crippen LogP contribution in [0.1, 0.15) is 18.2 Å². The number of nitrogens with one attached hydrogen (secondary N) is 1. The van der Waals surface area contributed by atoms with Crippen LogP contribution in [0, 0.1) is 6.92 Å². The monoisotopic (exact) mass is 254 g/mol. The van der Waals surface area contributed by atoms with Crippen molar-refractivity contribution in [3.63, 3.8) is 0 Å². The van der Waals surface area contributed by atoms with Crippen molar-refractivity contribution >= 4 is 22.4 Å². The van der Waals surface area contributed by atoms with Crippen LogP contribution < -0.4 is 16.3 Å². The van der Waals surface area contributed by atoms with Crippen LogP contribution in [0.3, 0.4) is 0 Å². The van der Waals surface area contributed by atoms with Gasteiger partial charge in [0.1, 0.15) is 5.16 Å². The van der Waals surface area contributed by atoms with E-state index in [2.05, 4.69) is 10.1 Å². The largest absolute Gasteiger partial charge is 0.290 e. The Labute approximate surface area is 101 Å². The molecule has 17 heavy (non-hydrogen) atoms. The molecule has 0 bridgehead atoms. The van der Waals surface area contributed by atoms with Gasteiger partial charge in [-0.3, -0.25) is 15.5 Å².